The Labute approximate surface area is 113 Å². The van der Waals surface area contributed by atoms with E-state index in [1.54, 1.807) is 12.3 Å². The van der Waals surface area contributed by atoms with Gasteiger partial charge in [0.15, 0.2) is 0 Å². The van der Waals surface area contributed by atoms with E-state index in [1.807, 2.05) is 30.2 Å². The quantitative estimate of drug-likeness (QED) is 0.809. The summed E-state index contributed by atoms with van der Waals surface area (Å²) in [7, 11) is 3.97. The molecule has 0 radical (unpaired) electrons. The topological polar surface area (TPSA) is 57.7 Å². The Hall–Kier alpha value is -2.19. The minimum atomic E-state index is 0.658. The Kier molecular flexibility index (Phi) is 4.26. The number of nitriles is 1. The molecule has 0 aliphatic heterocycles. The van der Waals surface area contributed by atoms with Crippen molar-refractivity contribution in [1.82, 2.24) is 19.7 Å². The minimum Gasteiger partial charge on any atom is -0.300 e. The Morgan fingerprint density at radius 1 is 1.47 bits per heavy atom. The summed E-state index contributed by atoms with van der Waals surface area (Å²) in [6.45, 7) is 1.68. The predicted octanol–water partition coefficient (Wildman–Crippen LogP) is 1.36. The maximum atomic E-state index is 8.85. The van der Waals surface area contributed by atoms with Crippen molar-refractivity contribution < 1.29 is 0 Å². The standard InChI is InChI=1S/C14H17N5/c1-18(6-4-13-9-17-19(2)10-13)11-14-7-12(8-15)3-5-16-14/h3,5,7,9-10H,4,6,11H2,1-2H3. The molecule has 2 aromatic heterocycles. The van der Waals surface area contributed by atoms with Crippen LogP contribution in [-0.2, 0) is 20.0 Å². The van der Waals surface area contributed by atoms with Crippen LogP contribution in [0.3, 0.4) is 0 Å². The van der Waals surface area contributed by atoms with E-state index in [0.29, 0.717) is 5.56 Å². The van der Waals surface area contributed by atoms with Crippen molar-refractivity contribution in [3.63, 3.8) is 0 Å². The van der Waals surface area contributed by atoms with Gasteiger partial charge in [0.05, 0.1) is 23.5 Å². The number of aryl methyl sites for hydroxylation is 1. The summed E-state index contributed by atoms with van der Waals surface area (Å²) in [5.74, 6) is 0. The van der Waals surface area contributed by atoms with Gasteiger partial charge in [0.1, 0.15) is 0 Å². The van der Waals surface area contributed by atoms with Gasteiger partial charge in [-0.1, -0.05) is 0 Å². The van der Waals surface area contributed by atoms with Gasteiger partial charge in [-0.3, -0.25) is 9.67 Å². The molecular formula is C14H17N5. The van der Waals surface area contributed by atoms with Crippen LogP contribution < -0.4 is 0 Å². The summed E-state index contributed by atoms with van der Waals surface area (Å²) in [5, 5.41) is 13.0. The molecule has 0 atom stereocenters. The van der Waals surface area contributed by atoms with Crippen molar-refractivity contribution in [2.24, 2.45) is 7.05 Å². The Morgan fingerprint density at radius 2 is 2.32 bits per heavy atom. The van der Waals surface area contributed by atoms with Gasteiger partial charge in [0.2, 0.25) is 0 Å². The van der Waals surface area contributed by atoms with Crippen LogP contribution in [0.2, 0.25) is 0 Å². The SMILES string of the molecule is CN(CCc1cnn(C)c1)Cc1cc(C#N)ccn1. The highest BCUT2D eigenvalue weighted by atomic mass is 15.2. The second-order valence-corrected chi connectivity index (χ2v) is 4.66. The van der Waals surface area contributed by atoms with Crippen LogP contribution in [0, 0.1) is 11.3 Å². The molecule has 0 spiro atoms. The largest absolute Gasteiger partial charge is 0.300 e. The summed E-state index contributed by atoms with van der Waals surface area (Å²) in [6.07, 6.45) is 6.57. The van der Waals surface area contributed by atoms with Gasteiger partial charge in [-0.15, -0.1) is 0 Å². The molecule has 0 unspecified atom stereocenters. The Balaban J connectivity index is 1.87. The smallest absolute Gasteiger partial charge is 0.0992 e. The molecule has 0 N–H and O–H groups in total. The number of hydrogen-bond donors (Lipinski definition) is 0. The van der Waals surface area contributed by atoms with Gasteiger partial charge in [-0.05, 0) is 31.2 Å². The molecule has 0 aromatic carbocycles. The van der Waals surface area contributed by atoms with E-state index in [2.05, 4.69) is 28.1 Å². The first-order chi connectivity index (χ1) is 9.17. The first-order valence-corrected chi connectivity index (χ1v) is 6.18. The summed E-state index contributed by atoms with van der Waals surface area (Å²) < 4.78 is 1.81. The molecule has 0 bridgehead atoms. The van der Waals surface area contributed by atoms with Gasteiger partial charge in [-0.25, -0.2) is 0 Å². The van der Waals surface area contributed by atoms with E-state index >= 15 is 0 Å². The summed E-state index contributed by atoms with van der Waals surface area (Å²) in [4.78, 5) is 6.47. The van der Waals surface area contributed by atoms with Gasteiger partial charge in [0.25, 0.3) is 0 Å². The van der Waals surface area contributed by atoms with E-state index in [9.17, 15) is 0 Å². The van der Waals surface area contributed by atoms with E-state index in [1.165, 1.54) is 5.56 Å². The Bertz CT molecular complexity index is 582. The molecule has 19 heavy (non-hydrogen) atoms. The molecule has 98 valence electrons. The third-order valence-corrected chi connectivity index (χ3v) is 2.92. The zero-order chi connectivity index (χ0) is 13.7. The number of pyridine rings is 1. The van der Waals surface area contributed by atoms with E-state index in [-0.39, 0.29) is 0 Å². The van der Waals surface area contributed by atoms with E-state index < -0.39 is 0 Å². The molecule has 0 saturated carbocycles. The number of hydrogen-bond acceptors (Lipinski definition) is 4. The highest BCUT2D eigenvalue weighted by Crippen LogP contribution is 2.05. The second kappa shape index (κ2) is 6.12. The molecule has 2 aromatic rings. The van der Waals surface area contributed by atoms with Gasteiger partial charge >= 0.3 is 0 Å². The van der Waals surface area contributed by atoms with Crippen molar-refractivity contribution in [3.8, 4) is 6.07 Å². The molecule has 0 aliphatic carbocycles. The average Bonchev–Trinajstić information content (AvgIpc) is 2.82. The maximum absolute atomic E-state index is 8.85. The van der Waals surface area contributed by atoms with Crippen molar-refractivity contribution in [2.75, 3.05) is 13.6 Å². The van der Waals surface area contributed by atoms with Crippen molar-refractivity contribution >= 4 is 0 Å². The van der Waals surface area contributed by atoms with Crippen LogP contribution >= 0.6 is 0 Å². The maximum Gasteiger partial charge on any atom is 0.0992 e. The summed E-state index contributed by atoms with van der Waals surface area (Å²) >= 11 is 0. The van der Waals surface area contributed by atoms with Gasteiger partial charge in [0, 0.05) is 32.5 Å². The lowest BCUT2D eigenvalue weighted by molar-refractivity contribution is 0.327. The second-order valence-electron chi connectivity index (χ2n) is 4.66. The highest BCUT2D eigenvalue weighted by molar-refractivity contribution is 5.28. The fourth-order valence-corrected chi connectivity index (χ4v) is 1.91. The fraction of sp³-hybridized carbons (Fsp3) is 0.357. The van der Waals surface area contributed by atoms with Crippen molar-refractivity contribution in [1.29, 1.82) is 5.26 Å². The molecule has 0 saturated heterocycles. The van der Waals surface area contributed by atoms with Crippen LogP contribution in [0.5, 0.6) is 0 Å². The molecule has 2 rings (SSSR count). The lowest BCUT2D eigenvalue weighted by atomic mass is 10.2. The minimum absolute atomic E-state index is 0.658. The summed E-state index contributed by atoms with van der Waals surface area (Å²) in [5.41, 5.74) is 2.81. The van der Waals surface area contributed by atoms with Gasteiger partial charge in [-0.2, -0.15) is 10.4 Å². The number of likely N-dealkylation sites (N-methyl/N-ethyl adjacent to an activating group) is 1. The van der Waals surface area contributed by atoms with Crippen LogP contribution in [0.4, 0.5) is 0 Å². The molecule has 0 amide bonds. The van der Waals surface area contributed by atoms with Crippen molar-refractivity contribution in [3.05, 3.63) is 47.5 Å². The molecule has 2 heterocycles. The normalized spacial score (nSPS) is 10.6. The molecule has 5 heteroatoms. The molecular weight excluding hydrogens is 238 g/mol. The van der Waals surface area contributed by atoms with Crippen LogP contribution in [0.15, 0.2) is 30.7 Å². The van der Waals surface area contributed by atoms with Crippen LogP contribution in [0.25, 0.3) is 0 Å². The van der Waals surface area contributed by atoms with E-state index in [4.69, 9.17) is 5.26 Å². The summed E-state index contributed by atoms with van der Waals surface area (Å²) in [6, 6.07) is 5.69. The zero-order valence-electron chi connectivity index (χ0n) is 11.2. The Morgan fingerprint density at radius 3 is 3.00 bits per heavy atom. The van der Waals surface area contributed by atoms with Gasteiger partial charge < -0.3 is 4.90 Å². The monoisotopic (exact) mass is 255 g/mol. The number of aromatic nitrogens is 3. The average molecular weight is 255 g/mol. The first-order valence-electron chi connectivity index (χ1n) is 6.18. The molecule has 0 fully saturated rings. The van der Waals surface area contributed by atoms with Crippen LogP contribution in [-0.4, -0.2) is 33.3 Å². The predicted molar refractivity (Wildman–Crippen MR) is 72.2 cm³/mol. The van der Waals surface area contributed by atoms with Crippen molar-refractivity contribution in [2.45, 2.75) is 13.0 Å². The van der Waals surface area contributed by atoms with E-state index in [0.717, 1.165) is 25.2 Å². The third-order valence-electron chi connectivity index (χ3n) is 2.92. The lowest BCUT2D eigenvalue weighted by Gasteiger charge is -2.15. The first kappa shape index (κ1) is 13.2. The number of nitrogens with zero attached hydrogens (tertiary/aromatic N) is 5. The highest BCUT2D eigenvalue weighted by Gasteiger charge is 2.04. The lowest BCUT2D eigenvalue weighted by Crippen LogP contribution is -2.21. The molecule has 5 nitrogen and oxygen atoms in total. The molecule has 0 aliphatic rings. The third kappa shape index (κ3) is 3.90. The number of rotatable bonds is 5. The fourth-order valence-electron chi connectivity index (χ4n) is 1.91. The zero-order valence-corrected chi connectivity index (χ0v) is 11.2. The van der Waals surface area contributed by atoms with Crippen LogP contribution in [0.1, 0.15) is 16.8 Å².